The molecule has 0 fully saturated rings. The van der Waals surface area contributed by atoms with Gasteiger partial charge >= 0.3 is 5.97 Å². The van der Waals surface area contributed by atoms with Crippen molar-refractivity contribution in [2.24, 2.45) is 0 Å². The molecule has 0 N–H and O–H groups in total. The van der Waals surface area contributed by atoms with Gasteiger partial charge in [0.2, 0.25) is 0 Å². The van der Waals surface area contributed by atoms with Crippen LogP contribution in [0, 0.1) is 0 Å². The molecule has 4 rings (SSSR count). The van der Waals surface area contributed by atoms with Crippen LogP contribution in [0.1, 0.15) is 39.7 Å². The van der Waals surface area contributed by atoms with Crippen LogP contribution >= 0.6 is 0 Å². The minimum absolute atomic E-state index is 0.0537. The molecule has 1 aliphatic rings. The predicted molar refractivity (Wildman–Crippen MR) is 141 cm³/mol. The second-order valence-electron chi connectivity index (χ2n) is 10.0. The lowest BCUT2D eigenvalue weighted by Gasteiger charge is -2.43. The molecule has 0 aromatic heterocycles. The summed E-state index contributed by atoms with van der Waals surface area (Å²) in [4.78, 5) is 11.6. The normalized spacial score (nSPS) is 17.7. The molecule has 3 aromatic carbocycles. The van der Waals surface area contributed by atoms with Crippen molar-refractivity contribution >= 4 is 24.7 Å². The second kappa shape index (κ2) is 9.73. The van der Waals surface area contributed by atoms with Gasteiger partial charge < -0.3 is 9.16 Å². The summed E-state index contributed by atoms with van der Waals surface area (Å²) in [5.74, 6) is -0.251. The Morgan fingerprint density at radius 2 is 1.32 bits per heavy atom. The van der Waals surface area contributed by atoms with Gasteiger partial charge in [-0.1, -0.05) is 123 Å². The molecule has 1 aliphatic carbocycles. The largest absolute Gasteiger partial charge is 0.464 e. The number of esters is 1. The quantitative estimate of drug-likeness (QED) is 0.239. The van der Waals surface area contributed by atoms with Crippen molar-refractivity contribution < 1.29 is 14.0 Å². The molecular formula is C30H34O3Si. The van der Waals surface area contributed by atoms with Crippen LogP contribution in [0.3, 0.4) is 0 Å². The fraction of sp³-hybridized carbons (Fsp3) is 0.300. The highest BCUT2D eigenvalue weighted by atomic mass is 28.4. The molecule has 3 nitrogen and oxygen atoms in total. The Morgan fingerprint density at radius 1 is 0.824 bits per heavy atom. The molecule has 1 atom stereocenters. The molecule has 0 radical (unpaired) electrons. The van der Waals surface area contributed by atoms with Gasteiger partial charge in [-0.15, -0.1) is 0 Å². The summed E-state index contributed by atoms with van der Waals surface area (Å²) in [6, 6.07) is 31.7. The third-order valence-electron chi connectivity index (χ3n) is 6.81. The smallest absolute Gasteiger partial charge is 0.302 e. The minimum atomic E-state index is -2.56. The van der Waals surface area contributed by atoms with E-state index in [9.17, 15) is 4.79 Å². The molecule has 0 bridgehead atoms. The van der Waals surface area contributed by atoms with E-state index >= 15 is 0 Å². The lowest BCUT2D eigenvalue weighted by molar-refractivity contribution is -0.141. The first-order chi connectivity index (χ1) is 16.3. The van der Waals surface area contributed by atoms with Crippen molar-refractivity contribution in [1.82, 2.24) is 0 Å². The zero-order chi connectivity index (χ0) is 24.2. The Kier molecular flexibility index (Phi) is 6.92. The number of rotatable bonds is 9. The van der Waals surface area contributed by atoms with Gasteiger partial charge in [-0.25, -0.2) is 0 Å². The topological polar surface area (TPSA) is 35.5 Å². The number of carbonyl (C=O) groups is 1. The molecule has 0 aliphatic heterocycles. The van der Waals surface area contributed by atoms with Crippen LogP contribution in [-0.2, 0) is 19.4 Å². The van der Waals surface area contributed by atoms with Gasteiger partial charge in [0.15, 0.2) is 0 Å². The molecule has 1 unspecified atom stereocenters. The lowest BCUT2D eigenvalue weighted by Crippen LogP contribution is -2.66. The Labute approximate surface area is 204 Å². The molecule has 0 saturated carbocycles. The highest BCUT2D eigenvalue weighted by Gasteiger charge is 2.51. The van der Waals surface area contributed by atoms with Gasteiger partial charge in [0.05, 0.1) is 5.41 Å². The number of hydrogen-bond donors (Lipinski definition) is 0. The third-order valence-corrected chi connectivity index (χ3v) is 11.9. The van der Waals surface area contributed by atoms with Crippen LogP contribution in [0.4, 0.5) is 0 Å². The van der Waals surface area contributed by atoms with Crippen LogP contribution < -0.4 is 10.4 Å². The maximum atomic E-state index is 11.6. The molecule has 0 spiro atoms. The average molecular weight is 471 g/mol. The predicted octanol–water partition coefficient (Wildman–Crippen LogP) is 5.39. The summed E-state index contributed by atoms with van der Waals surface area (Å²) in [5, 5.41) is 2.52. The Bertz CT molecular complexity index is 1090. The van der Waals surface area contributed by atoms with E-state index in [0.717, 1.165) is 12.0 Å². The third kappa shape index (κ3) is 4.66. The molecule has 0 amide bonds. The van der Waals surface area contributed by atoms with Crippen LogP contribution in [0.15, 0.2) is 103 Å². The summed E-state index contributed by atoms with van der Waals surface area (Å²) in [7, 11) is -2.56. The Hall–Kier alpha value is -2.95. The maximum absolute atomic E-state index is 11.6. The minimum Gasteiger partial charge on any atom is -0.464 e. The van der Waals surface area contributed by atoms with Crippen molar-refractivity contribution in [3.63, 3.8) is 0 Å². The molecule has 4 heteroatoms. The molecule has 3 aromatic rings. The van der Waals surface area contributed by atoms with Crippen molar-refractivity contribution in [3.8, 4) is 0 Å². The van der Waals surface area contributed by atoms with Crippen LogP contribution in [0.25, 0.3) is 0 Å². The molecule has 0 heterocycles. The van der Waals surface area contributed by atoms with Gasteiger partial charge in [0.25, 0.3) is 8.32 Å². The molecular weight excluding hydrogens is 436 g/mol. The Morgan fingerprint density at radius 3 is 1.79 bits per heavy atom. The zero-order valence-corrected chi connectivity index (χ0v) is 21.6. The van der Waals surface area contributed by atoms with E-state index in [-0.39, 0.29) is 16.4 Å². The SMILES string of the molecule is CC(=O)OCC1(c2ccccc2)C=C1CCO[Si](c1ccccc1)(c1ccccc1)C(C)(C)C. The summed E-state index contributed by atoms with van der Waals surface area (Å²) < 4.78 is 12.5. The number of benzene rings is 3. The van der Waals surface area contributed by atoms with Gasteiger partial charge in [0.1, 0.15) is 6.61 Å². The Balaban J connectivity index is 1.59. The van der Waals surface area contributed by atoms with Gasteiger partial charge in [-0.2, -0.15) is 0 Å². The van der Waals surface area contributed by atoms with Crippen molar-refractivity contribution in [3.05, 3.63) is 108 Å². The number of ether oxygens (including phenoxy) is 1. The molecule has 0 saturated heterocycles. The van der Waals surface area contributed by atoms with E-state index in [1.807, 2.05) is 18.2 Å². The summed E-state index contributed by atoms with van der Waals surface area (Å²) in [6.07, 6.45) is 3.04. The van der Waals surface area contributed by atoms with Gasteiger partial charge in [0, 0.05) is 13.5 Å². The standard InChI is InChI=1S/C30H34O3Si/c1-24(31)32-23-30(25-14-8-5-9-15-25)22-26(30)20-21-33-34(29(2,3)4,27-16-10-6-11-17-27)28-18-12-7-13-19-28/h5-19,22H,20-21,23H2,1-4H3. The van der Waals surface area contributed by atoms with Crippen molar-refractivity contribution in [2.75, 3.05) is 13.2 Å². The first kappa shape index (κ1) is 24.2. The van der Waals surface area contributed by atoms with E-state index in [0.29, 0.717) is 13.2 Å². The van der Waals surface area contributed by atoms with Crippen molar-refractivity contribution in [2.45, 2.75) is 44.6 Å². The maximum Gasteiger partial charge on any atom is 0.302 e. The highest BCUT2D eigenvalue weighted by molar-refractivity contribution is 6.99. The van der Waals surface area contributed by atoms with E-state index in [1.165, 1.54) is 22.9 Å². The second-order valence-corrected chi connectivity index (χ2v) is 14.4. The van der Waals surface area contributed by atoms with E-state index in [4.69, 9.17) is 9.16 Å². The highest BCUT2D eigenvalue weighted by Crippen LogP contribution is 2.49. The molecule has 176 valence electrons. The van der Waals surface area contributed by atoms with E-state index in [2.05, 4.69) is 99.6 Å². The van der Waals surface area contributed by atoms with Crippen LogP contribution in [0.2, 0.25) is 5.04 Å². The fourth-order valence-corrected chi connectivity index (χ4v) is 9.63. The average Bonchev–Trinajstić information content (AvgIpc) is 3.55. The van der Waals surface area contributed by atoms with Gasteiger partial charge in [-0.3, -0.25) is 4.79 Å². The van der Waals surface area contributed by atoms with E-state index in [1.54, 1.807) is 0 Å². The first-order valence-electron chi connectivity index (χ1n) is 12.0. The summed E-state index contributed by atoms with van der Waals surface area (Å²) >= 11 is 0. The number of carbonyl (C=O) groups excluding carboxylic acids is 1. The molecule has 34 heavy (non-hydrogen) atoms. The van der Waals surface area contributed by atoms with E-state index < -0.39 is 8.32 Å². The van der Waals surface area contributed by atoms with Gasteiger partial charge in [-0.05, 0) is 27.4 Å². The lowest BCUT2D eigenvalue weighted by atomic mass is 9.90. The van der Waals surface area contributed by atoms with Crippen LogP contribution in [-0.4, -0.2) is 27.5 Å². The monoisotopic (exact) mass is 470 g/mol. The first-order valence-corrected chi connectivity index (χ1v) is 13.9. The zero-order valence-electron chi connectivity index (χ0n) is 20.6. The summed E-state index contributed by atoms with van der Waals surface area (Å²) in [5.41, 5.74) is 2.14. The fourth-order valence-electron chi connectivity index (χ4n) is 5.07. The number of hydrogen-bond acceptors (Lipinski definition) is 3. The van der Waals surface area contributed by atoms with Crippen molar-refractivity contribution in [1.29, 1.82) is 0 Å². The summed E-state index contributed by atoms with van der Waals surface area (Å²) in [6.45, 7) is 9.32. The van der Waals surface area contributed by atoms with Crippen LogP contribution in [0.5, 0.6) is 0 Å².